The lowest BCUT2D eigenvalue weighted by atomic mass is 9.66. The van der Waals surface area contributed by atoms with E-state index in [2.05, 4.69) is 0 Å². The van der Waals surface area contributed by atoms with Gasteiger partial charge in [0.05, 0.1) is 12.5 Å². The van der Waals surface area contributed by atoms with E-state index in [1.54, 1.807) is 19.2 Å². The van der Waals surface area contributed by atoms with E-state index in [1.807, 2.05) is 0 Å². The van der Waals surface area contributed by atoms with Gasteiger partial charge < -0.3 is 9.44 Å². The van der Waals surface area contributed by atoms with Crippen LogP contribution in [0.5, 0.6) is 0 Å². The molecular formula is C5H7BO2. The minimum Gasteiger partial charge on any atom is -0.473 e. The Morgan fingerprint density at radius 3 is 2.75 bits per heavy atom. The van der Waals surface area contributed by atoms with E-state index in [0.29, 0.717) is 0 Å². The number of furan rings is 1. The van der Waals surface area contributed by atoms with E-state index < -0.39 is 6.92 Å². The molecule has 3 heteroatoms. The lowest BCUT2D eigenvalue weighted by molar-refractivity contribution is 0.565. The molecule has 0 aliphatic heterocycles. The van der Waals surface area contributed by atoms with Crippen molar-refractivity contribution in [2.75, 3.05) is 0 Å². The Bertz CT molecular complexity index is 145. The molecule has 0 atom stereocenters. The van der Waals surface area contributed by atoms with Crippen molar-refractivity contribution in [1.29, 1.82) is 0 Å². The van der Waals surface area contributed by atoms with Crippen molar-refractivity contribution in [2.24, 2.45) is 0 Å². The molecule has 2 nitrogen and oxygen atoms in total. The van der Waals surface area contributed by atoms with Crippen LogP contribution in [0.15, 0.2) is 23.0 Å². The Morgan fingerprint density at radius 2 is 2.50 bits per heavy atom. The highest BCUT2D eigenvalue weighted by Gasteiger charge is 2.05. The van der Waals surface area contributed by atoms with Crippen molar-refractivity contribution < 1.29 is 9.44 Å². The fraction of sp³-hybridized carbons (Fsp3) is 0.200. The summed E-state index contributed by atoms with van der Waals surface area (Å²) in [7, 11) is 0. The molecule has 1 heterocycles. The molecule has 0 radical (unpaired) electrons. The summed E-state index contributed by atoms with van der Waals surface area (Å²) in [5.41, 5.74) is 0.824. The predicted molar refractivity (Wildman–Crippen MR) is 32.2 cm³/mol. The minimum absolute atomic E-state index is 0.409. The first kappa shape index (κ1) is 5.44. The van der Waals surface area contributed by atoms with Gasteiger partial charge in [0.1, 0.15) is 0 Å². The molecular weight excluding hydrogens is 103 g/mol. The Labute approximate surface area is 48.2 Å². The van der Waals surface area contributed by atoms with Crippen molar-refractivity contribution >= 4 is 12.4 Å². The smallest absolute Gasteiger partial charge is 0.323 e. The maximum atomic E-state index is 8.85. The topological polar surface area (TPSA) is 33.4 Å². The molecule has 0 saturated carbocycles. The lowest BCUT2D eigenvalue weighted by Gasteiger charge is -1.88. The van der Waals surface area contributed by atoms with Crippen molar-refractivity contribution in [1.82, 2.24) is 0 Å². The van der Waals surface area contributed by atoms with Gasteiger partial charge in [-0.1, -0.05) is 6.82 Å². The molecule has 0 spiro atoms. The summed E-state index contributed by atoms with van der Waals surface area (Å²) in [6.07, 6.45) is 3.08. The monoisotopic (exact) mass is 110 g/mol. The third-order valence-corrected chi connectivity index (χ3v) is 1.03. The molecule has 1 aromatic heterocycles. The second kappa shape index (κ2) is 2.05. The van der Waals surface area contributed by atoms with Gasteiger partial charge in [0, 0.05) is 0 Å². The van der Waals surface area contributed by atoms with Crippen molar-refractivity contribution in [3.05, 3.63) is 18.6 Å². The molecule has 0 aliphatic rings. The van der Waals surface area contributed by atoms with Crippen LogP contribution < -0.4 is 5.46 Å². The van der Waals surface area contributed by atoms with Crippen LogP contribution in [-0.2, 0) is 0 Å². The normalized spacial score (nSPS) is 9.25. The number of hydrogen-bond donors (Lipinski definition) is 1. The molecule has 0 saturated heterocycles. The average molecular weight is 110 g/mol. The molecule has 8 heavy (non-hydrogen) atoms. The highest BCUT2D eigenvalue weighted by atomic mass is 16.3. The minimum atomic E-state index is -0.409. The summed E-state index contributed by atoms with van der Waals surface area (Å²) in [5.74, 6) is 0. The first-order valence-corrected chi connectivity index (χ1v) is 2.51. The van der Waals surface area contributed by atoms with Crippen LogP contribution in [0.25, 0.3) is 0 Å². The standard InChI is InChI=1S/C5H7BO2/c1-6(7)5-2-3-8-4-5/h2-4,7H,1H3. The van der Waals surface area contributed by atoms with E-state index in [4.69, 9.17) is 9.44 Å². The first-order valence-electron chi connectivity index (χ1n) is 2.51. The van der Waals surface area contributed by atoms with E-state index in [0.717, 1.165) is 5.46 Å². The van der Waals surface area contributed by atoms with Crippen LogP contribution >= 0.6 is 0 Å². The van der Waals surface area contributed by atoms with Gasteiger partial charge in [-0.3, -0.25) is 0 Å². The zero-order chi connectivity index (χ0) is 5.98. The number of rotatable bonds is 1. The zero-order valence-electron chi connectivity index (χ0n) is 4.66. The summed E-state index contributed by atoms with van der Waals surface area (Å²) in [4.78, 5) is 0. The van der Waals surface area contributed by atoms with Crippen molar-refractivity contribution in [3.8, 4) is 0 Å². The van der Waals surface area contributed by atoms with Gasteiger partial charge >= 0.3 is 6.92 Å². The van der Waals surface area contributed by atoms with E-state index >= 15 is 0 Å². The van der Waals surface area contributed by atoms with Crippen molar-refractivity contribution in [2.45, 2.75) is 6.82 Å². The lowest BCUT2D eigenvalue weighted by Crippen LogP contribution is -2.23. The Kier molecular flexibility index (Phi) is 1.39. The predicted octanol–water partition coefficient (Wildman–Crippen LogP) is 0.100. The second-order valence-electron chi connectivity index (χ2n) is 1.73. The van der Waals surface area contributed by atoms with Crippen LogP contribution in [0.4, 0.5) is 0 Å². The summed E-state index contributed by atoms with van der Waals surface area (Å²) < 4.78 is 4.72. The maximum absolute atomic E-state index is 8.85. The molecule has 0 fully saturated rings. The Hall–Kier alpha value is -0.695. The largest absolute Gasteiger partial charge is 0.473 e. The summed E-state index contributed by atoms with van der Waals surface area (Å²) in [6, 6.07) is 1.74. The highest BCUT2D eigenvalue weighted by molar-refractivity contribution is 6.64. The SMILES string of the molecule is CB(O)c1ccoc1. The van der Waals surface area contributed by atoms with Crippen LogP contribution in [-0.4, -0.2) is 11.9 Å². The molecule has 42 valence electrons. The van der Waals surface area contributed by atoms with Crippen LogP contribution in [0.2, 0.25) is 6.82 Å². The fourth-order valence-corrected chi connectivity index (χ4v) is 0.513. The summed E-state index contributed by atoms with van der Waals surface area (Å²) >= 11 is 0. The van der Waals surface area contributed by atoms with E-state index in [-0.39, 0.29) is 0 Å². The van der Waals surface area contributed by atoms with Gasteiger partial charge in [-0.25, -0.2) is 0 Å². The van der Waals surface area contributed by atoms with Gasteiger partial charge in [0.25, 0.3) is 0 Å². The summed E-state index contributed by atoms with van der Waals surface area (Å²) in [5, 5.41) is 8.85. The van der Waals surface area contributed by atoms with Gasteiger partial charge in [-0.2, -0.15) is 0 Å². The molecule has 0 aliphatic carbocycles. The zero-order valence-corrected chi connectivity index (χ0v) is 4.66. The van der Waals surface area contributed by atoms with Crippen LogP contribution in [0, 0.1) is 0 Å². The maximum Gasteiger partial charge on any atom is 0.323 e. The Balaban J connectivity index is 2.77. The highest BCUT2D eigenvalue weighted by Crippen LogP contribution is 1.84. The van der Waals surface area contributed by atoms with Crippen LogP contribution in [0.1, 0.15) is 0 Å². The summed E-state index contributed by atoms with van der Waals surface area (Å²) in [6.45, 7) is 1.29. The molecule has 1 rings (SSSR count). The molecule has 0 amide bonds. The van der Waals surface area contributed by atoms with Crippen LogP contribution in [0.3, 0.4) is 0 Å². The molecule has 0 aromatic carbocycles. The second-order valence-corrected chi connectivity index (χ2v) is 1.73. The average Bonchev–Trinajstić information content (AvgIpc) is 2.12. The molecule has 0 unspecified atom stereocenters. The molecule has 1 N–H and O–H groups in total. The Morgan fingerprint density at radius 1 is 1.75 bits per heavy atom. The number of hydrogen-bond acceptors (Lipinski definition) is 2. The third kappa shape index (κ3) is 0.926. The fourth-order valence-electron chi connectivity index (χ4n) is 0.513. The molecule has 0 bridgehead atoms. The van der Waals surface area contributed by atoms with Gasteiger partial charge in [-0.05, 0) is 11.5 Å². The van der Waals surface area contributed by atoms with E-state index in [9.17, 15) is 0 Å². The van der Waals surface area contributed by atoms with Gasteiger partial charge in [0.2, 0.25) is 0 Å². The first-order chi connectivity index (χ1) is 3.80. The molecule has 1 aromatic rings. The van der Waals surface area contributed by atoms with Gasteiger partial charge in [0.15, 0.2) is 0 Å². The van der Waals surface area contributed by atoms with Gasteiger partial charge in [-0.15, -0.1) is 0 Å². The van der Waals surface area contributed by atoms with E-state index in [1.165, 1.54) is 6.26 Å². The van der Waals surface area contributed by atoms with Crippen molar-refractivity contribution in [3.63, 3.8) is 0 Å². The quantitative estimate of drug-likeness (QED) is 0.520. The third-order valence-electron chi connectivity index (χ3n) is 1.03.